The van der Waals surface area contributed by atoms with Gasteiger partial charge in [0.25, 0.3) is 0 Å². The molecule has 1 saturated heterocycles. The average molecular weight is 578 g/mol. The number of rotatable bonds is 8. The summed E-state index contributed by atoms with van der Waals surface area (Å²) in [5.74, 6) is 0.310. The maximum atomic E-state index is 13.0. The van der Waals surface area contributed by atoms with Crippen molar-refractivity contribution in [3.63, 3.8) is 0 Å². The Hall–Kier alpha value is -2.87. The van der Waals surface area contributed by atoms with Crippen LogP contribution in [-0.2, 0) is 16.0 Å². The molecular weight excluding hydrogens is 542 g/mol. The molecule has 11 nitrogen and oxygen atoms in total. The number of thioether (sulfide) groups is 1. The number of ether oxygens (including phenoxy) is 4. The fourth-order valence-corrected chi connectivity index (χ4v) is 5.72. The molecular formula is C28H35NO10S. The van der Waals surface area contributed by atoms with Crippen molar-refractivity contribution in [1.29, 1.82) is 0 Å². The topological polar surface area (TPSA) is 164 Å². The van der Waals surface area contributed by atoms with E-state index in [-0.39, 0.29) is 28.8 Å². The molecule has 1 amide bonds. The van der Waals surface area contributed by atoms with Gasteiger partial charge in [-0.25, -0.2) is 0 Å². The maximum absolute atomic E-state index is 13.0. The van der Waals surface area contributed by atoms with Crippen LogP contribution in [-0.4, -0.2) is 90.7 Å². The van der Waals surface area contributed by atoms with E-state index in [0.717, 1.165) is 16.7 Å². The smallest absolute Gasteiger partial charge is 0.229 e. The molecule has 0 bridgehead atoms. The van der Waals surface area contributed by atoms with Gasteiger partial charge in [0.2, 0.25) is 17.9 Å². The number of nitrogens with one attached hydrogen (secondary N) is 1. The molecule has 2 aromatic carbocycles. The molecule has 0 saturated carbocycles. The summed E-state index contributed by atoms with van der Waals surface area (Å²) in [6, 6.07) is 6.98. The highest BCUT2D eigenvalue weighted by atomic mass is 32.2. The number of benzene rings is 1. The summed E-state index contributed by atoms with van der Waals surface area (Å²) in [7, 11) is 2.90. The van der Waals surface area contributed by atoms with Gasteiger partial charge in [0.15, 0.2) is 16.9 Å². The van der Waals surface area contributed by atoms with E-state index in [4.69, 9.17) is 18.9 Å². The molecule has 0 spiro atoms. The van der Waals surface area contributed by atoms with Crippen molar-refractivity contribution < 1.29 is 44.2 Å². The van der Waals surface area contributed by atoms with Gasteiger partial charge in [-0.1, -0.05) is 6.07 Å². The first-order chi connectivity index (χ1) is 19.1. The molecule has 2 aromatic rings. The van der Waals surface area contributed by atoms with Crippen LogP contribution in [0.3, 0.4) is 0 Å². The second-order valence-electron chi connectivity index (χ2n) is 9.74. The lowest BCUT2D eigenvalue weighted by molar-refractivity contribution is -0.277. The Morgan fingerprint density at radius 1 is 1.10 bits per heavy atom. The van der Waals surface area contributed by atoms with Crippen molar-refractivity contribution >= 4 is 17.7 Å². The molecule has 6 atom stereocenters. The Kier molecular flexibility index (Phi) is 9.60. The van der Waals surface area contributed by atoms with Gasteiger partial charge in [-0.3, -0.25) is 9.59 Å². The number of aryl methyl sites for hydroxylation is 1. The van der Waals surface area contributed by atoms with E-state index in [1.807, 2.05) is 12.3 Å². The van der Waals surface area contributed by atoms with Gasteiger partial charge in [-0.15, -0.1) is 11.8 Å². The Bertz CT molecular complexity index is 1300. The zero-order valence-electron chi connectivity index (χ0n) is 22.7. The van der Waals surface area contributed by atoms with Crippen LogP contribution < -0.4 is 25.0 Å². The second kappa shape index (κ2) is 12.8. The van der Waals surface area contributed by atoms with Crippen molar-refractivity contribution in [2.75, 3.05) is 33.6 Å². The predicted octanol–water partition coefficient (Wildman–Crippen LogP) is 0.797. The van der Waals surface area contributed by atoms with Crippen molar-refractivity contribution in [1.82, 2.24) is 5.32 Å². The van der Waals surface area contributed by atoms with Gasteiger partial charge in [-0.05, 0) is 54.0 Å². The van der Waals surface area contributed by atoms with Crippen molar-refractivity contribution in [2.45, 2.75) is 61.3 Å². The zero-order valence-corrected chi connectivity index (χ0v) is 23.6. The summed E-state index contributed by atoms with van der Waals surface area (Å²) in [6.07, 6.45) is -4.39. The summed E-state index contributed by atoms with van der Waals surface area (Å²) in [5, 5.41) is 43.4. The molecule has 12 heteroatoms. The predicted molar refractivity (Wildman–Crippen MR) is 147 cm³/mol. The Morgan fingerprint density at radius 3 is 2.45 bits per heavy atom. The molecule has 40 heavy (non-hydrogen) atoms. The van der Waals surface area contributed by atoms with Gasteiger partial charge in [-0.2, -0.15) is 0 Å². The van der Waals surface area contributed by atoms with Crippen molar-refractivity contribution in [3.8, 4) is 28.4 Å². The molecule has 0 unspecified atom stereocenters. The molecule has 218 valence electrons. The lowest BCUT2D eigenvalue weighted by atomic mass is 9.92. The summed E-state index contributed by atoms with van der Waals surface area (Å²) >= 11 is 1.34. The summed E-state index contributed by atoms with van der Waals surface area (Å²) in [4.78, 5) is 25.4. The van der Waals surface area contributed by atoms with Crippen LogP contribution in [0.1, 0.15) is 30.4 Å². The number of aliphatic hydroxyl groups is 4. The number of aliphatic hydroxyl groups excluding tert-OH is 4. The molecule has 4 rings (SSSR count). The molecule has 1 aliphatic carbocycles. The SMILES string of the molecule is COc1c(O[C@@H]2O[C@H](CO)[C@H](O)[C@H](O)[C@H]2O)cc2c(c1OC)-c1ccc(SC)c(=O)cc1[C@@H](CNC(C)=O)CC2. The van der Waals surface area contributed by atoms with E-state index in [1.54, 1.807) is 18.2 Å². The highest BCUT2D eigenvalue weighted by Gasteiger charge is 2.45. The number of hydrogen-bond acceptors (Lipinski definition) is 11. The monoisotopic (exact) mass is 577 g/mol. The number of carbonyl (C=O) groups excluding carboxylic acids is 1. The van der Waals surface area contributed by atoms with Gasteiger partial charge in [0.1, 0.15) is 24.4 Å². The van der Waals surface area contributed by atoms with E-state index in [2.05, 4.69) is 5.32 Å². The number of methoxy groups -OCH3 is 2. The molecule has 2 aliphatic rings. The second-order valence-corrected chi connectivity index (χ2v) is 10.6. The van der Waals surface area contributed by atoms with Crippen LogP contribution in [0, 0.1) is 0 Å². The molecule has 1 aliphatic heterocycles. The third-order valence-corrected chi connectivity index (χ3v) is 8.09. The standard InChI is InChI=1S/C28H35NO10S/c1-13(31)29-11-15-6-5-14-9-19(38-28-25(35)24(34)23(33)20(12-30)39-28)26(36-2)27(37-3)22(14)16-7-8-21(40-4)18(32)10-17(15)16/h7-10,15,20,23-25,28,30,33-35H,5-6,11-12H2,1-4H3,(H,29,31)/t15-,20-,23+,24+,25-,28-/m1/s1. The van der Waals surface area contributed by atoms with Crippen LogP contribution in [0.4, 0.5) is 0 Å². The first kappa shape index (κ1) is 30.1. The highest BCUT2D eigenvalue weighted by Crippen LogP contribution is 2.51. The molecule has 0 aromatic heterocycles. The third-order valence-electron chi connectivity index (χ3n) is 7.31. The van der Waals surface area contributed by atoms with Crippen LogP contribution >= 0.6 is 11.8 Å². The number of hydrogen-bond donors (Lipinski definition) is 5. The first-order valence-electron chi connectivity index (χ1n) is 12.9. The molecule has 5 N–H and O–H groups in total. The van der Waals surface area contributed by atoms with E-state index in [0.29, 0.717) is 35.6 Å². The first-order valence-corrected chi connectivity index (χ1v) is 14.1. The fourth-order valence-electron chi connectivity index (χ4n) is 5.25. The minimum atomic E-state index is -1.62. The largest absolute Gasteiger partial charge is 0.492 e. The quantitative estimate of drug-likeness (QED) is 0.282. The number of carbonyl (C=O) groups is 1. The maximum Gasteiger partial charge on any atom is 0.229 e. The van der Waals surface area contributed by atoms with Crippen LogP contribution in [0.5, 0.6) is 17.2 Å². The summed E-state index contributed by atoms with van der Waals surface area (Å²) < 4.78 is 23.1. The molecule has 1 fully saturated rings. The van der Waals surface area contributed by atoms with Crippen molar-refractivity contribution in [2.24, 2.45) is 0 Å². The van der Waals surface area contributed by atoms with Gasteiger partial charge >= 0.3 is 0 Å². The lowest BCUT2D eigenvalue weighted by Gasteiger charge is -2.39. The Balaban J connectivity index is 1.87. The van der Waals surface area contributed by atoms with Crippen molar-refractivity contribution in [3.05, 3.63) is 45.6 Å². The number of fused-ring (bicyclic) bond motifs is 3. The van der Waals surface area contributed by atoms with E-state index in [9.17, 15) is 30.0 Å². The minimum Gasteiger partial charge on any atom is -0.492 e. The average Bonchev–Trinajstić information content (AvgIpc) is 3.19. The number of amides is 1. The van der Waals surface area contributed by atoms with Crippen LogP contribution in [0.15, 0.2) is 34.0 Å². The molecule has 0 radical (unpaired) electrons. The van der Waals surface area contributed by atoms with E-state index in [1.165, 1.54) is 32.9 Å². The summed E-state index contributed by atoms with van der Waals surface area (Å²) in [5.41, 5.74) is 2.88. The van der Waals surface area contributed by atoms with Gasteiger partial charge in [0, 0.05) is 24.9 Å². The Morgan fingerprint density at radius 2 is 1.82 bits per heavy atom. The van der Waals surface area contributed by atoms with Gasteiger partial charge < -0.3 is 44.7 Å². The Labute approximate surface area is 236 Å². The van der Waals surface area contributed by atoms with Crippen LogP contribution in [0.2, 0.25) is 0 Å². The van der Waals surface area contributed by atoms with E-state index < -0.39 is 37.3 Å². The fraction of sp³-hybridized carbons (Fsp3) is 0.500. The molecule has 1 heterocycles. The highest BCUT2D eigenvalue weighted by molar-refractivity contribution is 7.98. The minimum absolute atomic E-state index is 0.126. The van der Waals surface area contributed by atoms with Crippen LogP contribution in [0.25, 0.3) is 11.1 Å². The normalized spacial score (nSPS) is 25.7. The van der Waals surface area contributed by atoms with Gasteiger partial charge in [0.05, 0.1) is 25.7 Å². The summed E-state index contributed by atoms with van der Waals surface area (Å²) in [6.45, 7) is 1.18. The lowest BCUT2D eigenvalue weighted by Crippen LogP contribution is -2.60. The van der Waals surface area contributed by atoms with E-state index >= 15 is 0 Å². The zero-order chi connectivity index (χ0) is 29.1. The third kappa shape index (κ3) is 5.78.